The van der Waals surface area contributed by atoms with Crippen molar-refractivity contribution in [1.29, 1.82) is 0 Å². The monoisotopic (exact) mass is 550 g/mol. The van der Waals surface area contributed by atoms with Crippen LogP contribution < -0.4 is 4.74 Å². The first-order valence-corrected chi connectivity index (χ1v) is 17.1. The van der Waals surface area contributed by atoms with Crippen LogP contribution in [0.2, 0.25) is 0 Å². The highest BCUT2D eigenvalue weighted by molar-refractivity contribution is 5.72. The minimum absolute atomic E-state index is 0.0878. The maximum absolute atomic E-state index is 12.5. The summed E-state index contributed by atoms with van der Waals surface area (Å²) in [5.41, 5.74) is 3.98. The van der Waals surface area contributed by atoms with Crippen LogP contribution >= 0.6 is 0 Å². The molecule has 0 bridgehead atoms. The quantitative estimate of drug-likeness (QED) is 0.0908. The molecule has 0 unspecified atom stereocenters. The van der Waals surface area contributed by atoms with E-state index in [9.17, 15) is 9.90 Å². The Hall–Kier alpha value is -1.61. The molecule has 0 saturated heterocycles. The number of rotatable bonds is 17. The summed E-state index contributed by atoms with van der Waals surface area (Å²) in [6.45, 7) is 8.90. The van der Waals surface area contributed by atoms with Gasteiger partial charge in [0, 0.05) is 6.42 Å². The maximum Gasteiger partial charge on any atom is 0.311 e. The van der Waals surface area contributed by atoms with Gasteiger partial charge in [0.1, 0.15) is 5.75 Å². The summed E-state index contributed by atoms with van der Waals surface area (Å²) in [6.07, 6.45) is 25.5. The molecule has 2 fully saturated rings. The number of aliphatic hydroxyl groups is 1. The van der Waals surface area contributed by atoms with Gasteiger partial charge in [-0.15, -0.1) is 0 Å². The van der Waals surface area contributed by atoms with Crippen LogP contribution in [0.5, 0.6) is 5.75 Å². The highest BCUT2D eigenvalue weighted by atomic mass is 16.5. The summed E-state index contributed by atoms with van der Waals surface area (Å²) in [5, 5.41) is 10.5. The highest BCUT2D eigenvalue weighted by Crippen LogP contribution is 2.62. The molecular formula is C37H58O3. The van der Waals surface area contributed by atoms with Crippen LogP contribution in [0.25, 0.3) is 0 Å². The van der Waals surface area contributed by atoms with Gasteiger partial charge in [-0.3, -0.25) is 4.79 Å². The van der Waals surface area contributed by atoms with E-state index in [1.165, 1.54) is 94.6 Å². The number of fused-ring (bicyclic) bond motifs is 5. The van der Waals surface area contributed by atoms with E-state index in [0.29, 0.717) is 29.9 Å². The van der Waals surface area contributed by atoms with Gasteiger partial charge in [0.25, 0.3) is 0 Å². The summed E-state index contributed by atoms with van der Waals surface area (Å²) in [5.74, 6) is 2.35. The zero-order valence-electron chi connectivity index (χ0n) is 25.9. The molecule has 4 rings (SSSR count). The molecule has 0 radical (unpaired) electrons. The summed E-state index contributed by atoms with van der Waals surface area (Å²) in [4.78, 5) is 12.5. The number of carbonyl (C=O) groups excluding carboxylic acids is 1. The van der Waals surface area contributed by atoms with Crippen LogP contribution in [-0.2, 0) is 11.2 Å². The second kappa shape index (κ2) is 15.6. The van der Waals surface area contributed by atoms with Crippen molar-refractivity contribution >= 4 is 5.97 Å². The summed E-state index contributed by atoms with van der Waals surface area (Å²) < 4.78 is 5.77. The number of benzene rings is 1. The average molecular weight is 551 g/mol. The minimum atomic E-state index is -0.332. The van der Waals surface area contributed by atoms with Gasteiger partial charge in [0.05, 0.1) is 6.10 Å². The number of esters is 1. The lowest BCUT2D eigenvalue weighted by atomic mass is 9.55. The van der Waals surface area contributed by atoms with Crippen molar-refractivity contribution in [2.24, 2.45) is 17.3 Å². The third-order valence-electron chi connectivity index (χ3n) is 10.9. The number of unbranched alkanes of at least 4 members (excludes halogenated alkanes) is 14. The third kappa shape index (κ3) is 8.02. The van der Waals surface area contributed by atoms with Crippen LogP contribution in [0.1, 0.15) is 159 Å². The molecule has 3 heteroatoms. The molecule has 0 heterocycles. The second-order valence-corrected chi connectivity index (χ2v) is 13.7. The lowest BCUT2D eigenvalue weighted by Gasteiger charge is -2.49. The van der Waals surface area contributed by atoms with E-state index in [0.717, 1.165) is 50.5 Å². The summed E-state index contributed by atoms with van der Waals surface area (Å²) >= 11 is 0. The number of carbonyl (C=O) groups is 1. The van der Waals surface area contributed by atoms with E-state index in [-0.39, 0.29) is 17.5 Å². The molecule has 1 aromatic carbocycles. The molecule has 3 aliphatic carbocycles. The van der Waals surface area contributed by atoms with Crippen LogP contribution in [0, 0.1) is 17.3 Å². The molecule has 3 aliphatic rings. The zero-order chi connectivity index (χ0) is 28.4. The van der Waals surface area contributed by atoms with E-state index in [1.54, 1.807) is 0 Å². The Bertz CT molecular complexity index is 951. The molecule has 0 aliphatic heterocycles. The largest absolute Gasteiger partial charge is 0.427 e. The minimum Gasteiger partial charge on any atom is -0.427 e. The van der Waals surface area contributed by atoms with Crippen molar-refractivity contribution in [3.63, 3.8) is 0 Å². The predicted molar refractivity (Wildman–Crippen MR) is 167 cm³/mol. The smallest absolute Gasteiger partial charge is 0.311 e. The maximum atomic E-state index is 12.5. The first-order chi connectivity index (χ1) is 19.4. The summed E-state index contributed by atoms with van der Waals surface area (Å²) in [6, 6.07) is 6.37. The number of aryl methyl sites for hydroxylation is 1. The SMILES string of the molecule is C=C1[C@H](O)C[C@H]2[C@@H]3CCc4cc(OC(=O)CCCCCCCCCCCCCCCCC)ccc4[C@H]3CC[C@]12C. The van der Waals surface area contributed by atoms with E-state index in [4.69, 9.17) is 4.74 Å². The fourth-order valence-electron chi connectivity index (χ4n) is 8.36. The standard InChI is InChI=1S/C37H58O3/c1-4-5-6-7-8-9-10-11-12-13-14-15-16-17-18-19-36(39)40-30-21-23-31-29(26-30)20-22-33-32(31)24-25-37(3)28(2)35(38)27-34(33)37/h21,23,26,32-35,38H,2,4-20,22,24-25,27H2,1,3H3/t32-,33-,34+,35-,37-/m1/s1. The van der Waals surface area contributed by atoms with Gasteiger partial charge in [-0.2, -0.15) is 0 Å². The summed E-state index contributed by atoms with van der Waals surface area (Å²) in [7, 11) is 0. The van der Waals surface area contributed by atoms with E-state index < -0.39 is 0 Å². The lowest BCUT2D eigenvalue weighted by molar-refractivity contribution is -0.134. The lowest BCUT2D eigenvalue weighted by Crippen LogP contribution is -2.40. The Morgan fingerprint density at radius 1 is 0.925 bits per heavy atom. The number of hydrogen-bond acceptors (Lipinski definition) is 3. The molecule has 5 atom stereocenters. The molecule has 1 aromatic rings. The number of aliphatic hydroxyl groups excluding tert-OH is 1. The molecule has 224 valence electrons. The third-order valence-corrected chi connectivity index (χ3v) is 10.9. The van der Waals surface area contributed by atoms with Gasteiger partial charge in [-0.05, 0) is 90.5 Å². The normalized spacial score (nSPS) is 27.2. The molecular weight excluding hydrogens is 492 g/mol. The van der Waals surface area contributed by atoms with Crippen molar-refractivity contribution in [2.45, 2.75) is 161 Å². The second-order valence-electron chi connectivity index (χ2n) is 13.7. The molecule has 0 amide bonds. The number of hydrogen-bond donors (Lipinski definition) is 1. The zero-order valence-corrected chi connectivity index (χ0v) is 25.9. The van der Waals surface area contributed by atoms with E-state index in [1.807, 2.05) is 6.07 Å². The molecule has 0 spiro atoms. The van der Waals surface area contributed by atoms with E-state index >= 15 is 0 Å². The molecule has 3 nitrogen and oxygen atoms in total. The van der Waals surface area contributed by atoms with Gasteiger partial charge in [0.15, 0.2) is 0 Å². The topological polar surface area (TPSA) is 46.5 Å². The Morgan fingerprint density at radius 3 is 2.15 bits per heavy atom. The van der Waals surface area contributed by atoms with Gasteiger partial charge >= 0.3 is 5.97 Å². The van der Waals surface area contributed by atoms with E-state index in [2.05, 4.69) is 32.6 Å². The Morgan fingerprint density at radius 2 is 1.52 bits per heavy atom. The highest BCUT2D eigenvalue weighted by Gasteiger charge is 2.54. The van der Waals surface area contributed by atoms with Crippen molar-refractivity contribution in [3.05, 3.63) is 41.5 Å². The molecule has 1 N–H and O–H groups in total. The first-order valence-electron chi connectivity index (χ1n) is 17.1. The molecule has 2 saturated carbocycles. The van der Waals surface area contributed by atoms with Crippen molar-refractivity contribution in [3.8, 4) is 5.75 Å². The van der Waals surface area contributed by atoms with Crippen LogP contribution in [0.15, 0.2) is 30.4 Å². The number of ether oxygens (including phenoxy) is 1. The fourth-order valence-corrected chi connectivity index (χ4v) is 8.36. The van der Waals surface area contributed by atoms with Crippen LogP contribution in [-0.4, -0.2) is 17.2 Å². The van der Waals surface area contributed by atoms with Gasteiger partial charge in [-0.1, -0.05) is 116 Å². The molecule has 40 heavy (non-hydrogen) atoms. The van der Waals surface area contributed by atoms with Crippen molar-refractivity contribution in [1.82, 2.24) is 0 Å². The Kier molecular flexibility index (Phi) is 12.2. The molecule has 0 aromatic heterocycles. The van der Waals surface area contributed by atoms with Gasteiger partial charge in [0.2, 0.25) is 0 Å². The van der Waals surface area contributed by atoms with Crippen molar-refractivity contribution in [2.75, 3.05) is 0 Å². The van der Waals surface area contributed by atoms with Crippen molar-refractivity contribution < 1.29 is 14.6 Å². The average Bonchev–Trinajstić information content (AvgIpc) is 3.18. The van der Waals surface area contributed by atoms with Crippen LogP contribution in [0.3, 0.4) is 0 Å². The van der Waals surface area contributed by atoms with Gasteiger partial charge < -0.3 is 9.84 Å². The Balaban J connectivity index is 1.07. The fraction of sp³-hybridized carbons (Fsp3) is 0.757. The predicted octanol–water partition coefficient (Wildman–Crippen LogP) is 10.2. The Labute approximate surface area is 245 Å². The first kappa shape index (κ1) is 31.3. The van der Waals surface area contributed by atoms with Crippen LogP contribution in [0.4, 0.5) is 0 Å². The van der Waals surface area contributed by atoms with Gasteiger partial charge in [-0.25, -0.2) is 0 Å².